The van der Waals surface area contributed by atoms with Crippen LogP contribution in [0.3, 0.4) is 0 Å². The molecular formula is C20H18O. The molecule has 0 saturated heterocycles. The lowest BCUT2D eigenvalue weighted by molar-refractivity contribution is 0.104. The highest BCUT2D eigenvalue weighted by Crippen LogP contribution is 2.14. The molecule has 0 aromatic heterocycles. The molecule has 0 atom stereocenters. The lowest BCUT2D eigenvalue weighted by Gasteiger charge is -2.00. The predicted octanol–water partition coefficient (Wildman–Crippen LogP) is 5.17. The summed E-state index contributed by atoms with van der Waals surface area (Å²) in [6.07, 6.45) is 7.44. The van der Waals surface area contributed by atoms with Crippen LogP contribution in [0.25, 0.3) is 12.2 Å². The highest BCUT2D eigenvalue weighted by atomic mass is 16.1. The quantitative estimate of drug-likeness (QED) is 0.417. The van der Waals surface area contributed by atoms with Gasteiger partial charge in [0.2, 0.25) is 0 Å². The fraction of sp³-hybridized carbons (Fsp3) is 0.0500. The van der Waals surface area contributed by atoms with Gasteiger partial charge in [-0.3, -0.25) is 4.79 Å². The second-order valence-corrected chi connectivity index (χ2v) is 4.87. The van der Waals surface area contributed by atoms with E-state index in [-0.39, 0.29) is 5.78 Å². The zero-order chi connectivity index (χ0) is 15.1. The molecule has 2 aromatic carbocycles. The summed E-state index contributed by atoms with van der Waals surface area (Å²) in [6, 6.07) is 17.2. The van der Waals surface area contributed by atoms with Gasteiger partial charge >= 0.3 is 0 Å². The van der Waals surface area contributed by atoms with Gasteiger partial charge in [-0.2, -0.15) is 0 Å². The Morgan fingerprint density at radius 3 is 1.95 bits per heavy atom. The van der Waals surface area contributed by atoms with Crippen LogP contribution in [0.15, 0.2) is 78.9 Å². The van der Waals surface area contributed by atoms with Crippen molar-refractivity contribution in [1.82, 2.24) is 0 Å². The van der Waals surface area contributed by atoms with E-state index in [9.17, 15) is 4.79 Å². The maximum absolute atomic E-state index is 12.1. The molecule has 2 aromatic rings. The summed E-state index contributed by atoms with van der Waals surface area (Å²) in [4.78, 5) is 12.1. The average molecular weight is 274 g/mol. The molecule has 0 spiro atoms. The van der Waals surface area contributed by atoms with Gasteiger partial charge in [0.05, 0.1) is 0 Å². The summed E-state index contributed by atoms with van der Waals surface area (Å²) >= 11 is 0. The van der Waals surface area contributed by atoms with Gasteiger partial charge in [-0.05, 0) is 24.1 Å². The molecule has 0 radical (unpaired) electrons. The van der Waals surface area contributed by atoms with Crippen LogP contribution in [0, 0.1) is 0 Å². The van der Waals surface area contributed by atoms with Crippen molar-refractivity contribution in [2.45, 2.75) is 6.92 Å². The molecule has 0 saturated carbocycles. The first kappa shape index (κ1) is 14.7. The Bertz CT molecular complexity index is 691. The predicted molar refractivity (Wildman–Crippen MR) is 90.1 cm³/mol. The number of carbonyl (C=O) groups excluding carboxylic acids is 1. The van der Waals surface area contributed by atoms with Crippen LogP contribution in [0.4, 0.5) is 0 Å². The minimum absolute atomic E-state index is 0.00860. The molecule has 1 nitrogen and oxygen atoms in total. The van der Waals surface area contributed by atoms with E-state index in [2.05, 4.69) is 6.58 Å². The monoisotopic (exact) mass is 274 g/mol. The molecule has 0 aliphatic carbocycles. The van der Waals surface area contributed by atoms with Gasteiger partial charge in [0, 0.05) is 5.56 Å². The molecule has 21 heavy (non-hydrogen) atoms. The fourth-order valence-electron chi connectivity index (χ4n) is 1.91. The van der Waals surface area contributed by atoms with E-state index >= 15 is 0 Å². The van der Waals surface area contributed by atoms with Crippen LogP contribution in [-0.2, 0) is 0 Å². The van der Waals surface area contributed by atoms with E-state index in [0.717, 1.165) is 16.7 Å². The van der Waals surface area contributed by atoms with Crippen molar-refractivity contribution in [2.24, 2.45) is 0 Å². The van der Waals surface area contributed by atoms with E-state index in [1.165, 1.54) is 0 Å². The molecule has 1 heteroatoms. The van der Waals surface area contributed by atoms with E-state index in [1.807, 2.05) is 79.7 Å². The smallest absolute Gasteiger partial charge is 0.185 e. The standard InChI is InChI=1S/C20H18O/c1-16(2)12-13-17-8-6-7-9-18(17)14-15-20(21)19-10-4-3-5-11-19/h3-15H,1H2,2H3. The van der Waals surface area contributed by atoms with Crippen LogP contribution >= 0.6 is 0 Å². The van der Waals surface area contributed by atoms with Crippen molar-refractivity contribution in [3.63, 3.8) is 0 Å². The summed E-state index contributed by atoms with van der Waals surface area (Å²) in [6.45, 7) is 5.81. The van der Waals surface area contributed by atoms with E-state index in [4.69, 9.17) is 0 Å². The van der Waals surface area contributed by atoms with Gasteiger partial charge < -0.3 is 0 Å². The molecule has 0 bridgehead atoms. The van der Waals surface area contributed by atoms with Crippen LogP contribution in [-0.4, -0.2) is 5.78 Å². The lowest BCUT2D eigenvalue weighted by atomic mass is 10.0. The fourth-order valence-corrected chi connectivity index (χ4v) is 1.91. The number of benzene rings is 2. The topological polar surface area (TPSA) is 17.1 Å². The molecule has 0 heterocycles. The molecule has 0 aliphatic rings. The Morgan fingerprint density at radius 1 is 0.857 bits per heavy atom. The Hall–Kier alpha value is -2.67. The summed E-state index contributed by atoms with van der Waals surface area (Å²) in [7, 11) is 0. The van der Waals surface area contributed by atoms with Gasteiger partial charge in [0.1, 0.15) is 0 Å². The van der Waals surface area contributed by atoms with Gasteiger partial charge in [-0.1, -0.05) is 85.0 Å². The van der Waals surface area contributed by atoms with Crippen molar-refractivity contribution >= 4 is 17.9 Å². The maximum atomic E-state index is 12.1. The average Bonchev–Trinajstić information content (AvgIpc) is 2.52. The Balaban J connectivity index is 2.21. The zero-order valence-electron chi connectivity index (χ0n) is 12.1. The maximum Gasteiger partial charge on any atom is 0.185 e. The van der Waals surface area contributed by atoms with Crippen LogP contribution < -0.4 is 0 Å². The molecule has 2 rings (SSSR count). The first-order chi connectivity index (χ1) is 10.2. The SMILES string of the molecule is C=C(C)C=Cc1ccccc1C=CC(=O)c1ccccc1. The second-order valence-electron chi connectivity index (χ2n) is 4.87. The first-order valence-electron chi connectivity index (χ1n) is 6.87. The number of ketones is 1. The molecule has 104 valence electrons. The Morgan fingerprint density at radius 2 is 1.38 bits per heavy atom. The lowest BCUT2D eigenvalue weighted by Crippen LogP contribution is -1.93. The number of hydrogen-bond acceptors (Lipinski definition) is 1. The highest BCUT2D eigenvalue weighted by Gasteiger charge is 2.00. The van der Waals surface area contributed by atoms with Crippen molar-refractivity contribution in [2.75, 3.05) is 0 Å². The molecular weight excluding hydrogens is 256 g/mol. The van der Waals surface area contributed by atoms with Crippen molar-refractivity contribution < 1.29 is 4.79 Å². The van der Waals surface area contributed by atoms with E-state index < -0.39 is 0 Å². The molecule has 0 unspecified atom stereocenters. The van der Waals surface area contributed by atoms with Gasteiger partial charge in [0.15, 0.2) is 5.78 Å². The second kappa shape index (κ2) is 7.20. The van der Waals surface area contributed by atoms with Crippen LogP contribution in [0.1, 0.15) is 28.4 Å². The molecule has 0 amide bonds. The van der Waals surface area contributed by atoms with Gasteiger partial charge in [-0.25, -0.2) is 0 Å². The summed E-state index contributed by atoms with van der Waals surface area (Å²) in [5.74, 6) is 0.00860. The molecule has 0 aliphatic heterocycles. The minimum Gasteiger partial charge on any atom is -0.289 e. The molecule has 0 N–H and O–H groups in total. The summed E-state index contributed by atoms with van der Waals surface area (Å²) < 4.78 is 0. The number of rotatable bonds is 5. The normalized spacial score (nSPS) is 11.1. The third-order valence-corrected chi connectivity index (χ3v) is 3.02. The van der Waals surface area contributed by atoms with Crippen molar-refractivity contribution in [1.29, 1.82) is 0 Å². The number of allylic oxidation sites excluding steroid dienone is 3. The highest BCUT2D eigenvalue weighted by molar-refractivity contribution is 6.06. The first-order valence-corrected chi connectivity index (χ1v) is 6.87. The van der Waals surface area contributed by atoms with E-state index in [0.29, 0.717) is 5.56 Å². The van der Waals surface area contributed by atoms with E-state index in [1.54, 1.807) is 6.08 Å². The Kier molecular flexibility index (Phi) is 5.05. The third kappa shape index (κ3) is 4.43. The van der Waals surface area contributed by atoms with Gasteiger partial charge in [0.25, 0.3) is 0 Å². The van der Waals surface area contributed by atoms with Crippen LogP contribution in [0.2, 0.25) is 0 Å². The number of carbonyl (C=O) groups is 1. The largest absolute Gasteiger partial charge is 0.289 e. The number of hydrogen-bond donors (Lipinski definition) is 0. The third-order valence-electron chi connectivity index (χ3n) is 3.02. The summed E-state index contributed by atoms with van der Waals surface area (Å²) in [5.41, 5.74) is 3.77. The summed E-state index contributed by atoms with van der Waals surface area (Å²) in [5, 5.41) is 0. The zero-order valence-corrected chi connectivity index (χ0v) is 12.1. The minimum atomic E-state index is 0.00860. The van der Waals surface area contributed by atoms with Crippen molar-refractivity contribution in [3.05, 3.63) is 95.6 Å². The van der Waals surface area contributed by atoms with Gasteiger partial charge in [-0.15, -0.1) is 0 Å². The molecule has 0 fully saturated rings. The van der Waals surface area contributed by atoms with Crippen LogP contribution in [0.5, 0.6) is 0 Å². The van der Waals surface area contributed by atoms with Crippen molar-refractivity contribution in [3.8, 4) is 0 Å². The Labute approximate surface area is 126 Å².